The smallest absolute Gasteiger partial charge is 0.298 e. The van der Waals surface area contributed by atoms with Crippen molar-refractivity contribution in [3.05, 3.63) is 0 Å². The van der Waals surface area contributed by atoms with Gasteiger partial charge in [0.05, 0.1) is 6.42 Å². The van der Waals surface area contributed by atoms with Crippen LogP contribution in [0.3, 0.4) is 0 Å². The number of piperazine rings is 1. The summed E-state index contributed by atoms with van der Waals surface area (Å²) in [5, 5.41) is 0. The van der Waals surface area contributed by atoms with Gasteiger partial charge in [0, 0.05) is 31.7 Å². The van der Waals surface area contributed by atoms with Crippen molar-refractivity contribution in [3.63, 3.8) is 0 Å². The summed E-state index contributed by atoms with van der Waals surface area (Å²) in [6.07, 6.45) is -1.09. The van der Waals surface area contributed by atoms with Gasteiger partial charge in [0.25, 0.3) is 0 Å². The molecule has 2 atom stereocenters. The molecule has 0 radical (unpaired) electrons. The van der Waals surface area contributed by atoms with Gasteiger partial charge < -0.3 is 0 Å². The molecule has 2 fully saturated rings. The van der Waals surface area contributed by atoms with Crippen LogP contribution in [0.2, 0.25) is 0 Å². The Hall–Kier alpha value is -0.290. The van der Waals surface area contributed by atoms with E-state index in [1.165, 1.54) is 12.8 Å². The summed E-state index contributed by atoms with van der Waals surface area (Å²) in [4.78, 5) is 4.47. The van der Waals surface area contributed by atoms with Crippen molar-refractivity contribution in [2.45, 2.75) is 50.9 Å². The molecule has 0 saturated carbocycles. The number of hydrogen-bond donors (Lipinski definition) is 0. The number of fused-ring (bicyclic) bond motifs is 1. The second-order valence-electron chi connectivity index (χ2n) is 5.35. The molecule has 2 saturated heterocycles. The molecule has 100 valence electrons. The molecule has 2 rings (SSSR count). The first-order chi connectivity index (χ1) is 7.96. The Morgan fingerprint density at radius 1 is 1.18 bits per heavy atom. The number of alkyl halides is 3. The van der Waals surface area contributed by atoms with Gasteiger partial charge in [-0.2, -0.15) is 13.2 Å². The molecule has 2 unspecified atom stereocenters. The summed E-state index contributed by atoms with van der Waals surface area (Å²) in [5.74, 6) is 0. The fourth-order valence-corrected chi connectivity index (χ4v) is 2.99. The highest BCUT2D eigenvalue weighted by atomic mass is 19.4. The maximum Gasteiger partial charge on any atom is 0.390 e. The molecule has 2 heterocycles. The lowest BCUT2D eigenvalue weighted by atomic mass is 9.97. The van der Waals surface area contributed by atoms with E-state index in [9.17, 15) is 13.2 Å². The van der Waals surface area contributed by atoms with E-state index in [1.807, 2.05) is 11.8 Å². The average Bonchev–Trinajstić information content (AvgIpc) is 2.25. The zero-order valence-electron chi connectivity index (χ0n) is 10.3. The van der Waals surface area contributed by atoms with E-state index >= 15 is 0 Å². The van der Waals surface area contributed by atoms with Crippen molar-refractivity contribution >= 4 is 0 Å². The van der Waals surface area contributed by atoms with Crippen LogP contribution in [0.4, 0.5) is 13.2 Å². The van der Waals surface area contributed by atoms with Crippen molar-refractivity contribution in [2.24, 2.45) is 0 Å². The number of nitrogens with zero attached hydrogens (tertiary/aromatic N) is 2. The minimum absolute atomic E-state index is 0.162. The topological polar surface area (TPSA) is 6.48 Å². The predicted molar refractivity (Wildman–Crippen MR) is 60.9 cm³/mol. The molecule has 0 aromatic carbocycles. The number of hydrogen-bond acceptors (Lipinski definition) is 2. The standard InChI is InChI=1S/C12H21F3N2/c1-10-8-17-6-3-2-4-11(17)9-16(10)7-5-12(13,14)15/h10-11H,2-9H2,1H3. The highest BCUT2D eigenvalue weighted by Crippen LogP contribution is 2.26. The lowest BCUT2D eigenvalue weighted by Crippen LogP contribution is -2.58. The Kier molecular flexibility index (Phi) is 3.98. The third-order valence-electron chi connectivity index (χ3n) is 4.00. The first-order valence-corrected chi connectivity index (χ1v) is 6.50. The minimum Gasteiger partial charge on any atom is -0.298 e. The number of rotatable bonds is 2. The summed E-state index contributed by atoms with van der Waals surface area (Å²) >= 11 is 0. The minimum atomic E-state index is -4.02. The molecule has 0 N–H and O–H groups in total. The third-order valence-corrected chi connectivity index (χ3v) is 4.00. The van der Waals surface area contributed by atoms with Gasteiger partial charge in [-0.1, -0.05) is 6.42 Å². The molecule has 0 aromatic rings. The van der Waals surface area contributed by atoms with Crippen LogP contribution in [0.15, 0.2) is 0 Å². The normalized spacial score (nSPS) is 32.5. The summed E-state index contributed by atoms with van der Waals surface area (Å²) in [5.41, 5.74) is 0. The molecule has 0 aliphatic carbocycles. The second kappa shape index (κ2) is 5.14. The molecule has 0 spiro atoms. The van der Waals surface area contributed by atoms with Gasteiger partial charge in [0.2, 0.25) is 0 Å². The third kappa shape index (κ3) is 3.58. The highest BCUT2D eigenvalue weighted by molar-refractivity contribution is 4.89. The number of piperidine rings is 1. The maximum absolute atomic E-state index is 12.2. The largest absolute Gasteiger partial charge is 0.390 e. The zero-order chi connectivity index (χ0) is 12.5. The SMILES string of the molecule is CC1CN2CCCCC2CN1CCC(F)(F)F. The lowest BCUT2D eigenvalue weighted by molar-refractivity contribution is -0.141. The van der Waals surface area contributed by atoms with Crippen molar-refractivity contribution < 1.29 is 13.2 Å². The average molecular weight is 250 g/mol. The van der Waals surface area contributed by atoms with Crippen LogP contribution in [0.5, 0.6) is 0 Å². The highest BCUT2D eigenvalue weighted by Gasteiger charge is 2.35. The fourth-order valence-electron chi connectivity index (χ4n) is 2.99. The molecular weight excluding hydrogens is 229 g/mol. The van der Waals surface area contributed by atoms with Crippen molar-refractivity contribution in [1.82, 2.24) is 9.80 Å². The van der Waals surface area contributed by atoms with Crippen LogP contribution in [0, 0.1) is 0 Å². The molecule has 2 aliphatic rings. The van der Waals surface area contributed by atoms with E-state index in [1.54, 1.807) is 0 Å². The Labute approximate surface area is 101 Å². The van der Waals surface area contributed by atoms with Gasteiger partial charge in [-0.3, -0.25) is 9.80 Å². The van der Waals surface area contributed by atoms with E-state index in [4.69, 9.17) is 0 Å². The molecule has 2 nitrogen and oxygen atoms in total. The summed E-state index contributed by atoms with van der Waals surface area (Å²) in [7, 11) is 0. The summed E-state index contributed by atoms with van der Waals surface area (Å²) < 4.78 is 36.7. The summed E-state index contributed by atoms with van der Waals surface area (Å²) in [6.45, 7) is 5.08. The van der Waals surface area contributed by atoms with Crippen molar-refractivity contribution in [3.8, 4) is 0 Å². The van der Waals surface area contributed by atoms with Gasteiger partial charge in [-0.05, 0) is 26.3 Å². The Bertz CT molecular complexity index is 255. The van der Waals surface area contributed by atoms with Crippen LogP contribution < -0.4 is 0 Å². The predicted octanol–water partition coefficient (Wildman–Crippen LogP) is 2.50. The molecule has 0 bridgehead atoms. The molecule has 0 amide bonds. The zero-order valence-corrected chi connectivity index (χ0v) is 10.3. The molecule has 0 aromatic heterocycles. The van der Waals surface area contributed by atoms with E-state index in [2.05, 4.69) is 4.90 Å². The van der Waals surface area contributed by atoms with Gasteiger partial charge in [-0.15, -0.1) is 0 Å². The molecule has 17 heavy (non-hydrogen) atoms. The van der Waals surface area contributed by atoms with E-state index in [0.717, 1.165) is 26.1 Å². The van der Waals surface area contributed by atoms with Crippen LogP contribution in [0.25, 0.3) is 0 Å². The molecule has 2 aliphatic heterocycles. The van der Waals surface area contributed by atoms with E-state index < -0.39 is 12.6 Å². The van der Waals surface area contributed by atoms with E-state index in [0.29, 0.717) is 6.04 Å². The van der Waals surface area contributed by atoms with Gasteiger partial charge >= 0.3 is 6.18 Å². The van der Waals surface area contributed by atoms with Crippen LogP contribution in [-0.4, -0.2) is 54.2 Å². The first kappa shape index (κ1) is 13.1. The Balaban J connectivity index is 1.86. The van der Waals surface area contributed by atoms with Crippen molar-refractivity contribution in [2.75, 3.05) is 26.2 Å². The van der Waals surface area contributed by atoms with Crippen molar-refractivity contribution in [1.29, 1.82) is 0 Å². The number of halogens is 3. The lowest BCUT2D eigenvalue weighted by Gasteiger charge is -2.47. The second-order valence-corrected chi connectivity index (χ2v) is 5.35. The monoisotopic (exact) mass is 250 g/mol. The molecule has 5 heteroatoms. The molecular formula is C12H21F3N2. The Morgan fingerprint density at radius 3 is 2.65 bits per heavy atom. The van der Waals surface area contributed by atoms with Gasteiger partial charge in [0.1, 0.15) is 0 Å². The van der Waals surface area contributed by atoms with Crippen LogP contribution in [0.1, 0.15) is 32.6 Å². The summed E-state index contributed by atoms with van der Waals surface area (Å²) in [6, 6.07) is 0.750. The van der Waals surface area contributed by atoms with E-state index in [-0.39, 0.29) is 12.6 Å². The first-order valence-electron chi connectivity index (χ1n) is 6.50. The van der Waals surface area contributed by atoms with Gasteiger partial charge in [0.15, 0.2) is 0 Å². The maximum atomic E-state index is 12.2. The fraction of sp³-hybridized carbons (Fsp3) is 1.00. The van der Waals surface area contributed by atoms with Gasteiger partial charge in [-0.25, -0.2) is 0 Å². The van der Waals surface area contributed by atoms with Crippen LogP contribution >= 0.6 is 0 Å². The Morgan fingerprint density at radius 2 is 1.94 bits per heavy atom. The van der Waals surface area contributed by atoms with Crippen LogP contribution in [-0.2, 0) is 0 Å². The quantitative estimate of drug-likeness (QED) is 0.743.